The summed E-state index contributed by atoms with van der Waals surface area (Å²) < 4.78 is 5.38. The van der Waals surface area contributed by atoms with Crippen molar-refractivity contribution in [3.8, 4) is 0 Å². The van der Waals surface area contributed by atoms with E-state index in [1.54, 1.807) is 0 Å². The molecule has 2 aliphatic rings. The molecule has 1 aromatic rings. The van der Waals surface area contributed by atoms with E-state index >= 15 is 0 Å². The number of benzene rings is 1. The van der Waals surface area contributed by atoms with Gasteiger partial charge < -0.3 is 4.74 Å². The van der Waals surface area contributed by atoms with Crippen molar-refractivity contribution in [1.82, 2.24) is 0 Å². The van der Waals surface area contributed by atoms with E-state index in [9.17, 15) is 4.79 Å². The number of rotatable bonds is 3. The molecule has 0 fully saturated rings. The largest absolute Gasteiger partial charge is 0.459 e. The van der Waals surface area contributed by atoms with E-state index in [0.717, 1.165) is 19.3 Å². The van der Waals surface area contributed by atoms with Gasteiger partial charge in [0, 0.05) is 12.5 Å². The lowest BCUT2D eigenvalue weighted by Gasteiger charge is -2.29. The molecule has 1 aliphatic carbocycles. The normalized spacial score (nSPS) is 27.3. The van der Waals surface area contributed by atoms with Crippen LogP contribution in [0.3, 0.4) is 0 Å². The second kappa shape index (κ2) is 5.88. The zero-order chi connectivity index (χ0) is 14.8. The predicted octanol–water partition coefficient (Wildman–Crippen LogP) is 4.39. The minimum atomic E-state index is -0.195. The summed E-state index contributed by atoms with van der Waals surface area (Å²) in [7, 11) is 0. The Balaban J connectivity index is 1.72. The second-order valence-electron chi connectivity index (χ2n) is 6.23. The van der Waals surface area contributed by atoms with Gasteiger partial charge in [-0.2, -0.15) is 0 Å². The minimum Gasteiger partial charge on any atom is -0.459 e. The fourth-order valence-corrected chi connectivity index (χ4v) is 3.38. The lowest BCUT2D eigenvalue weighted by Crippen LogP contribution is -2.22. The molecule has 0 saturated heterocycles. The van der Waals surface area contributed by atoms with Crippen molar-refractivity contribution in [2.75, 3.05) is 0 Å². The number of ether oxygens (including phenoxy) is 1. The molecular formula is C19H22O2. The summed E-state index contributed by atoms with van der Waals surface area (Å²) in [5.41, 5.74) is 4.09. The molecule has 0 unspecified atom stereocenters. The van der Waals surface area contributed by atoms with E-state index in [-0.39, 0.29) is 12.1 Å². The van der Waals surface area contributed by atoms with Gasteiger partial charge in [0.1, 0.15) is 6.10 Å². The van der Waals surface area contributed by atoms with Crippen LogP contribution in [-0.2, 0) is 9.53 Å². The smallest absolute Gasteiger partial charge is 0.330 e. The second-order valence-corrected chi connectivity index (χ2v) is 6.23. The number of aryl methyl sites for hydroxylation is 1. The van der Waals surface area contributed by atoms with E-state index in [1.807, 2.05) is 6.08 Å². The van der Waals surface area contributed by atoms with Gasteiger partial charge in [-0.15, -0.1) is 0 Å². The lowest BCUT2D eigenvalue weighted by molar-refractivity contribution is -0.144. The maximum atomic E-state index is 11.3. The number of hydrogen-bond donors (Lipinski definition) is 0. The molecule has 1 heterocycles. The first-order chi connectivity index (χ1) is 10.1. The molecule has 21 heavy (non-hydrogen) atoms. The molecule has 0 saturated carbocycles. The van der Waals surface area contributed by atoms with Gasteiger partial charge in [-0.05, 0) is 42.7 Å². The first-order valence-corrected chi connectivity index (χ1v) is 7.79. The molecule has 0 radical (unpaired) electrons. The molecular weight excluding hydrogens is 260 g/mol. The topological polar surface area (TPSA) is 26.3 Å². The van der Waals surface area contributed by atoms with Crippen molar-refractivity contribution >= 4 is 12.0 Å². The first-order valence-electron chi connectivity index (χ1n) is 7.79. The van der Waals surface area contributed by atoms with Crippen LogP contribution in [0.1, 0.15) is 48.8 Å². The molecule has 0 spiro atoms. The third-order valence-corrected chi connectivity index (χ3v) is 4.59. The molecule has 0 bridgehead atoms. The Morgan fingerprint density at radius 3 is 2.90 bits per heavy atom. The average Bonchev–Trinajstić information content (AvgIpc) is 2.46. The molecule has 3 atom stereocenters. The monoisotopic (exact) mass is 282 g/mol. The van der Waals surface area contributed by atoms with Crippen LogP contribution in [0.5, 0.6) is 0 Å². The van der Waals surface area contributed by atoms with Gasteiger partial charge in [0.05, 0.1) is 0 Å². The molecule has 2 nitrogen and oxygen atoms in total. The van der Waals surface area contributed by atoms with Crippen molar-refractivity contribution in [2.24, 2.45) is 5.92 Å². The molecule has 3 rings (SSSR count). The Morgan fingerprint density at radius 2 is 2.10 bits per heavy atom. The van der Waals surface area contributed by atoms with Crippen LogP contribution in [0.4, 0.5) is 0 Å². The van der Waals surface area contributed by atoms with Gasteiger partial charge in [0.2, 0.25) is 0 Å². The number of hydrogen-bond acceptors (Lipinski definition) is 2. The van der Waals surface area contributed by atoms with Gasteiger partial charge in [0.25, 0.3) is 0 Å². The lowest BCUT2D eigenvalue weighted by atomic mass is 9.77. The fraction of sp³-hybridized carbons (Fsp3) is 0.421. The predicted molar refractivity (Wildman–Crippen MR) is 85.0 cm³/mol. The highest BCUT2D eigenvalue weighted by Gasteiger charge is 2.25. The molecule has 110 valence electrons. The Kier molecular flexibility index (Phi) is 3.96. The molecule has 0 N–H and O–H groups in total. The van der Waals surface area contributed by atoms with E-state index in [0.29, 0.717) is 11.8 Å². The summed E-state index contributed by atoms with van der Waals surface area (Å²) in [6.45, 7) is 4.41. The third-order valence-electron chi connectivity index (χ3n) is 4.59. The summed E-state index contributed by atoms with van der Waals surface area (Å²) in [6.07, 6.45) is 10.9. The number of fused-ring (bicyclic) bond motifs is 1. The van der Waals surface area contributed by atoms with E-state index in [4.69, 9.17) is 4.74 Å². The Hall–Kier alpha value is -1.83. The molecule has 1 aromatic carbocycles. The van der Waals surface area contributed by atoms with Crippen molar-refractivity contribution in [1.29, 1.82) is 0 Å². The number of carbonyl (C=O) groups excluding carboxylic acids is 1. The van der Waals surface area contributed by atoms with Crippen molar-refractivity contribution in [3.05, 3.63) is 53.1 Å². The van der Waals surface area contributed by atoms with Crippen LogP contribution in [0.25, 0.3) is 6.08 Å². The van der Waals surface area contributed by atoms with Crippen LogP contribution in [0.15, 0.2) is 36.4 Å². The van der Waals surface area contributed by atoms with E-state index in [1.165, 1.54) is 22.8 Å². The average molecular weight is 282 g/mol. The van der Waals surface area contributed by atoms with Crippen molar-refractivity contribution < 1.29 is 9.53 Å². The highest BCUT2D eigenvalue weighted by Crippen LogP contribution is 2.38. The number of carbonyl (C=O) groups is 1. The van der Waals surface area contributed by atoms with Crippen LogP contribution < -0.4 is 0 Å². The first kappa shape index (κ1) is 14.1. The third kappa shape index (κ3) is 3.10. The fourth-order valence-electron chi connectivity index (χ4n) is 3.38. The molecule has 0 aromatic heterocycles. The van der Waals surface area contributed by atoms with Gasteiger partial charge in [-0.25, -0.2) is 4.79 Å². The van der Waals surface area contributed by atoms with Gasteiger partial charge >= 0.3 is 5.97 Å². The van der Waals surface area contributed by atoms with Crippen LogP contribution in [-0.4, -0.2) is 12.1 Å². The SMILES string of the molecule is Cc1ccc2c(c1)C=C[C@H](C)[C@@H]2CC[C@@H]1CC=CC(=O)O1. The summed E-state index contributed by atoms with van der Waals surface area (Å²) >= 11 is 0. The molecule has 1 aliphatic heterocycles. The number of cyclic esters (lactones) is 1. The summed E-state index contributed by atoms with van der Waals surface area (Å²) in [4.78, 5) is 11.3. The Morgan fingerprint density at radius 1 is 1.24 bits per heavy atom. The summed E-state index contributed by atoms with van der Waals surface area (Å²) in [6, 6.07) is 6.72. The Bertz CT molecular complexity index is 598. The minimum absolute atomic E-state index is 0.0505. The van der Waals surface area contributed by atoms with Gasteiger partial charge in [-0.3, -0.25) is 0 Å². The standard InChI is InChI=1S/C19H22O2/c1-13-6-10-18-15(12-13)8-7-14(2)17(18)11-9-16-4-3-5-19(20)21-16/h3,5-8,10,12,14,16-17H,4,9,11H2,1-2H3/t14-,16-,17-/m0/s1. The van der Waals surface area contributed by atoms with Crippen LogP contribution in [0, 0.1) is 12.8 Å². The maximum Gasteiger partial charge on any atom is 0.330 e. The van der Waals surface area contributed by atoms with Gasteiger partial charge in [0.15, 0.2) is 0 Å². The van der Waals surface area contributed by atoms with Crippen LogP contribution >= 0.6 is 0 Å². The quantitative estimate of drug-likeness (QED) is 0.768. The van der Waals surface area contributed by atoms with Crippen molar-refractivity contribution in [2.45, 2.75) is 45.1 Å². The zero-order valence-corrected chi connectivity index (χ0v) is 12.7. The Labute approximate surface area is 126 Å². The zero-order valence-electron chi connectivity index (χ0n) is 12.7. The van der Waals surface area contributed by atoms with Crippen molar-refractivity contribution in [3.63, 3.8) is 0 Å². The maximum absolute atomic E-state index is 11.3. The summed E-state index contributed by atoms with van der Waals surface area (Å²) in [5.74, 6) is 0.865. The van der Waals surface area contributed by atoms with Crippen LogP contribution in [0.2, 0.25) is 0 Å². The molecule has 0 amide bonds. The number of allylic oxidation sites excluding steroid dienone is 1. The van der Waals surface area contributed by atoms with E-state index in [2.05, 4.69) is 44.2 Å². The summed E-state index contributed by atoms with van der Waals surface area (Å²) in [5, 5.41) is 0. The van der Waals surface area contributed by atoms with Gasteiger partial charge in [-0.1, -0.05) is 48.9 Å². The number of esters is 1. The highest BCUT2D eigenvalue weighted by molar-refractivity contribution is 5.82. The highest BCUT2D eigenvalue weighted by atomic mass is 16.5. The molecule has 2 heteroatoms. The van der Waals surface area contributed by atoms with E-state index < -0.39 is 0 Å².